The zero-order valence-corrected chi connectivity index (χ0v) is 9.97. The fourth-order valence-electron chi connectivity index (χ4n) is 1.30. The van der Waals surface area contributed by atoms with Crippen molar-refractivity contribution in [3.05, 3.63) is 23.2 Å². The van der Waals surface area contributed by atoms with E-state index in [0.29, 0.717) is 11.6 Å². The predicted molar refractivity (Wildman–Crippen MR) is 63.0 cm³/mol. The zero-order chi connectivity index (χ0) is 11.3. The Morgan fingerprint density at radius 3 is 2.67 bits per heavy atom. The maximum atomic E-state index is 6.07. The summed E-state index contributed by atoms with van der Waals surface area (Å²) in [4.78, 5) is 0. The lowest BCUT2D eigenvalue weighted by Crippen LogP contribution is -2.20. The summed E-state index contributed by atoms with van der Waals surface area (Å²) in [7, 11) is 3.29. The van der Waals surface area contributed by atoms with Gasteiger partial charge in [-0.1, -0.05) is 11.6 Å². The number of methoxy groups -OCH3 is 2. The third-order valence-corrected chi connectivity index (χ3v) is 2.31. The van der Waals surface area contributed by atoms with Gasteiger partial charge in [-0.05, 0) is 19.1 Å². The van der Waals surface area contributed by atoms with Gasteiger partial charge in [0.1, 0.15) is 5.75 Å². The van der Waals surface area contributed by atoms with Crippen molar-refractivity contribution in [2.75, 3.05) is 26.1 Å². The normalized spacial score (nSPS) is 12.3. The van der Waals surface area contributed by atoms with Gasteiger partial charge in [-0.25, -0.2) is 0 Å². The molecule has 0 aromatic heterocycles. The first kappa shape index (κ1) is 12.1. The molecule has 0 amide bonds. The summed E-state index contributed by atoms with van der Waals surface area (Å²) in [6.07, 6.45) is 0. The standard InChI is InChI=1S/C11H16ClNO2/c1-8(7-14-2)13-11-5-4-9(15-3)6-10(11)12/h4-6,8,13H,7H2,1-3H3. The average molecular weight is 230 g/mol. The van der Waals surface area contributed by atoms with Gasteiger partial charge >= 0.3 is 0 Å². The molecule has 1 aromatic carbocycles. The Hall–Kier alpha value is -0.930. The lowest BCUT2D eigenvalue weighted by molar-refractivity contribution is 0.190. The van der Waals surface area contributed by atoms with E-state index >= 15 is 0 Å². The van der Waals surface area contributed by atoms with Crippen molar-refractivity contribution in [1.29, 1.82) is 0 Å². The molecular weight excluding hydrogens is 214 g/mol. The number of benzene rings is 1. The molecule has 3 nitrogen and oxygen atoms in total. The Kier molecular flexibility index (Phi) is 4.72. The van der Waals surface area contributed by atoms with Gasteiger partial charge in [0.2, 0.25) is 0 Å². The SMILES string of the molecule is COCC(C)Nc1ccc(OC)cc1Cl. The first-order valence-corrected chi connectivity index (χ1v) is 5.14. The summed E-state index contributed by atoms with van der Waals surface area (Å²) >= 11 is 6.07. The Balaban J connectivity index is 2.69. The van der Waals surface area contributed by atoms with Gasteiger partial charge in [0.15, 0.2) is 0 Å². The van der Waals surface area contributed by atoms with Crippen LogP contribution in [-0.4, -0.2) is 26.9 Å². The fourth-order valence-corrected chi connectivity index (χ4v) is 1.52. The molecule has 0 spiro atoms. The third kappa shape index (κ3) is 3.61. The summed E-state index contributed by atoms with van der Waals surface area (Å²) < 4.78 is 10.1. The van der Waals surface area contributed by atoms with E-state index in [1.807, 2.05) is 19.1 Å². The molecule has 0 aliphatic carbocycles. The van der Waals surface area contributed by atoms with Crippen LogP contribution in [0.4, 0.5) is 5.69 Å². The van der Waals surface area contributed by atoms with Crippen LogP contribution in [0, 0.1) is 0 Å². The quantitative estimate of drug-likeness (QED) is 0.842. The van der Waals surface area contributed by atoms with E-state index in [4.69, 9.17) is 21.1 Å². The lowest BCUT2D eigenvalue weighted by atomic mass is 10.2. The molecule has 1 atom stereocenters. The van der Waals surface area contributed by atoms with E-state index in [2.05, 4.69) is 5.32 Å². The molecular formula is C11H16ClNO2. The van der Waals surface area contributed by atoms with E-state index in [9.17, 15) is 0 Å². The molecule has 1 unspecified atom stereocenters. The number of hydrogen-bond acceptors (Lipinski definition) is 3. The molecule has 1 rings (SSSR count). The van der Waals surface area contributed by atoms with Crippen molar-refractivity contribution in [3.8, 4) is 5.75 Å². The van der Waals surface area contributed by atoms with Gasteiger partial charge in [0, 0.05) is 19.2 Å². The second-order valence-electron chi connectivity index (χ2n) is 3.35. The Morgan fingerprint density at radius 2 is 2.13 bits per heavy atom. The topological polar surface area (TPSA) is 30.5 Å². The second-order valence-corrected chi connectivity index (χ2v) is 3.75. The monoisotopic (exact) mass is 229 g/mol. The second kappa shape index (κ2) is 5.83. The van der Waals surface area contributed by atoms with Crippen LogP contribution in [0.3, 0.4) is 0 Å². The highest BCUT2D eigenvalue weighted by molar-refractivity contribution is 6.33. The van der Waals surface area contributed by atoms with Crippen LogP contribution in [0.2, 0.25) is 5.02 Å². The first-order valence-electron chi connectivity index (χ1n) is 4.76. The van der Waals surface area contributed by atoms with Gasteiger partial charge in [-0.2, -0.15) is 0 Å². The van der Waals surface area contributed by atoms with Crippen molar-refractivity contribution >= 4 is 17.3 Å². The van der Waals surface area contributed by atoms with E-state index < -0.39 is 0 Å². The third-order valence-electron chi connectivity index (χ3n) is 1.99. The molecule has 0 heterocycles. The molecule has 1 N–H and O–H groups in total. The van der Waals surface area contributed by atoms with Gasteiger partial charge in [-0.3, -0.25) is 0 Å². The van der Waals surface area contributed by atoms with Gasteiger partial charge < -0.3 is 14.8 Å². The molecule has 1 aromatic rings. The lowest BCUT2D eigenvalue weighted by Gasteiger charge is -2.15. The number of hydrogen-bond donors (Lipinski definition) is 1. The van der Waals surface area contributed by atoms with Crippen molar-refractivity contribution in [3.63, 3.8) is 0 Å². The molecule has 4 heteroatoms. The molecule has 15 heavy (non-hydrogen) atoms. The average Bonchev–Trinajstić information content (AvgIpc) is 2.21. The van der Waals surface area contributed by atoms with Crippen LogP contribution >= 0.6 is 11.6 Å². The highest BCUT2D eigenvalue weighted by Crippen LogP contribution is 2.26. The predicted octanol–water partition coefficient (Wildman–Crippen LogP) is 2.80. The van der Waals surface area contributed by atoms with Gasteiger partial charge in [0.25, 0.3) is 0 Å². The molecule has 0 saturated carbocycles. The highest BCUT2D eigenvalue weighted by Gasteiger charge is 2.05. The zero-order valence-electron chi connectivity index (χ0n) is 9.21. The largest absolute Gasteiger partial charge is 0.497 e. The summed E-state index contributed by atoms with van der Waals surface area (Å²) in [6.45, 7) is 2.67. The Labute approximate surface area is 95.3 Å². The maximum Gasteiger partial charge on any atom is 0.120 e. The smallest absolute Gasteiger partial charge is 0.120 e. The number of rotatable bonds is 5. The summed E-state index contributed by atoms with van der Waals surface area (Å²) in [5.74, 6) is 0.755. The van der Waals surface area contributed by atoms with E-state index in [-0.39, 0.29) is 6.04 Å². The fraction of sp³-hybridized carbons (Fsp3) is 0.455. The van der Waals surface area contributed by atoms with Crippen LogP contribution in [0.15, 0.2) is 18.2 Å². The van der Waals surface area contributed by atoms with Crippen molar-refractivity contribution in [2.45, 2.75) is 13.0 Å². The molecule has 0 radical (unpaired) electrons. The van der Waals surface area contributed by atoms with Crippen molar-refractivity contribution < 1.29 is 9.47 Å². The van der Waals surface area contributed by atoms with E-state index in [1.165, 1.54) is 0 Å². The number of anilines is 1. The summed E-state index contributed by atoms with van der Waals surface area (Å²) in [5.41, 5.74) is 0.891. The van der Waals surface area contributed by atoms with E-state index in [1.54, 1.807) is 20.3 Å². The minimum absolute atomic E-state index is 0.223. The van der Waals surface area contributed by atoms with Crippen molar-refractivity contribution in [1.82, 2.24) is 0 Å². The Bertz CT molecular complexity index is 317. The summed E-state index contributed by atoms with van der Waals surface area (Å²) in [6, 6.07) is 5.77. The van der Waals surface area contributed by atoms with Crippen LogP contribution in [0.1, 0.15) is 6.92 Å². The maximum absolute atomic E-state index is 6.07. The first-order chi connectivity index (χ1) is 7.17. The molecule has 0 saturated heterocycles. The van der Waals surface area contributed by atoms with Crippen LogP contribution < -0.4 is 10.1 Å². The molecule has 84 valence electrons. The van der Waals surface area contributed by atoms with Gasteiger partial charge in [-0.15, -0.1) is 0 Å². The molecule has 0 bridgehead atoms. The molecule has 0 aliphatic rings. The number of nitrogens with one attached hydrogen (secondary N) is 1. The molecule has 0 fully saturated rings. The van der Waals surface area contributed by atoms with Crippen LogP contribution in [0.25, 0.3) is 0 Å². The van der Waals surface area contributed by atoms with Gasteiger partial charge in [0.05, 0.1) is 24.4 Å². The minimum Gasteiger partial charge on any atom is -0.497 e. The highest BCUT2D eigenvalue weighted by atomic mass is 35.5. The van der Waals surface area contributed by atoms with E-state index in [0.717, 1.165) is 11.4 Å². The molecule has 0 aliphatic heterocycles. The number of ether oxygens (including phenoxy) is 2. The summed E-state index contributed by atoms with van der Waals surface area (Å²) in [5, 5.41) is 3.90. The number of halogens is 1. The van der Waals surface area contributed by atoms with Crippen LogP contribution in [0.5, 0.6) is 5.75 Å². The van der Waals surface area contributed by atoms with Crippen LogP contribution in [-0.2, 0) is 4.74 Å². The van der Waals surface area contributed by atoms with Crippen molar-refractivity contribution in [2.24, 2.45) is 0 Å². The Morgan fingerprint density at radius 1 is 1.40 bits per heavy atom. The minimum atomic E-state index is 0.223.